The van der Waals surface area contributed by atoms with E-state index in [1.807, 2.05) is 36.4 Å². The summed E-state index contributed by atoms with van der Waals surface area (Å²) >= 11 is 1.72. The molecule has 0 saturated carbocycles. The Morgan fingerprint density at radius 3 is 2.03 bits per heavy atom. The SMILES string of the molecule is COc1ccc(N=c2sc(C)c(-c3ccc(OC)cc3)n2CCc2ccccc2)cc1. The van der Waals surface area contributed by atoms with Crippen LogP contribution in [0.2, 0.25) is 0 Å². The third kappa shape index (κ3) is 4.89. The summed E-state index contributed by atoms with van der Waals surface area (Å²) in [4.78, 5) is 7.20. The smallest absolute Gasteiger partial charge is 0.190 e. The number of hydrogen-bond acceptors (Lipinski definition) is 4. The number of ether oxygens (including phenoxy) is 2. The van der Waals surface area contributed by atoms with Crippen molar-refractivity contribution in [1.82, 2.24) is 4.57 Å². The summed E-state index contributed by atoms with van der Waals surface area (Å²) in [6.45, 7) is 3.01. The Morgan fingerprint density at radius 2 is 1.42 bits per heavy atom. The molecule has 4 rings (SSSR count). The van der Waals surface area contributed by atoms with Crippen molar-refractivity contribution in [2.75, 3.05) is 14.2 Å². The lowest BCUT2D eigenvalue weighted by atomic mass is 10.1. The van der Waals surface area contributed by atoms with E-state index in [-0.39, 0.29) is 0 Å². The zero-order valence-electron chi connectivity index (χ0n) is 18.0. The number of aryl methyl sites for hydroxylation is 2. The highest BCUT2D eigenvalue weighted by Gasteiger charge is 2.13. The molecule has 158 valence electrons. The highest BCUT2D eigenvalue weighted by atomic mass is 32.1. The second-order valence-corrected chi connectivity index (χ2v) is 8.40. The van der Waals surface area contributed by atoms with E-state index >= 15 is 0 Å². The molecule has 0 spiro atoms. The van der Waals surface area contributed by atoms with E-state index in [0.29, 0.717) is 0 Å². The number of hydrogen-bond donors (Lipinski definition) is 0. The summed E-state index contributed by atoms with van der Waals surface area (Å²) in [6.07, 6.45) is 0.940. The normalized spacial score (nSPS) is 11.5. The highest BCUT2D eigenvalue weighted by molar-refractivity contribution is 7.09. The van der Waals surface area contributed by atoms with E-state index < -0.39 is 0 Å². The van der Waals surface area contributed by atoms with Gasteiger partial charge in [-0.25, -0.2) is 4.99 Å². The minimum atomic E-state index is 0.831. The van der Waals surface area contributed by atoms with E-state index in [1.54, 1.807) is 25.6 Å². The fourth-order valence-electron chi connectivity index (χ4n) is 3.58. The average molecular weight is 431 g/mol. The summed E-state index contributed by atoms with van der Waals surface area (Å²) < 4.78 is 12.9. The number of thiazole rings is 1. The van der Waals surface area contributed by atoms with Crippen LogP contribution in [0.15, 0.2) is 83.9 Å². The second-order valence-electron chi connectivity index (χ2n) is 7.21. The van der Waals surface area contributed by atoms with Crippen LogP contribution in [0.5, 0.6) is 11.5 Å². The zero-order valence-corrected chi connectivity index (χ0v) is 18.9. The van der Waals surface area contributed by atoms with Gasteiger partial charge in [0.25, 0.3) is 0 Å². The van der Waals surface area contributed by atoms with Gasteiger partial charge < -0.3 is 14.0 Å². The van der Waals surface area contributed by atoms with Gasteiger partial charge >= 0.3 is 0 Å². The van der Waals surface area contributed by atoms with Crippen LogP contribution >= 0.6 is 11.3 Å². The molecule has 0 fully saturated rings. The van der Waals surface area contributed by atoms with Crippen molar-refractivity contribution in [3.05, 3.63) is 94.1 Å². The Balaban J connectivity index is 1.78. The van der Waals surface area contributed by atoms with Gasteiger partial charge in [0.15, 0.2) is 4.80 Å². The summed E-state index contributed by atoms with van der Waals surface area (Å²) in [5.74, 6) is 1.69. The topological polar surface area (TPSA) is 35.8 Å². The molecule has 0 aliphatic carbocycles. The Kier molecular flexibility index (Phi) is 6.53. The van der Waals surface area contributed by atoms with Gasteiger partial charge in [0.05, 0.1) is 25.6 Å². The predicted molar refractivity (Wildman–Crippen MR) is 127 cm³/mol. The second kappa shape index (κ2) is 9.67. The van der Waals surface area contributed by atoms with E-state index in [2.05, 4.69) is 54.0 Å². The number of aromatic nitrogens is 1. The van der Waals surface area contributed by atoms with Crippen LogP contribution in [0, 0.1) is 6.92 Å². The molecule has 4 nitrogen and oxygen atoms in total. The molecule has 0 aliphatic rings. The number of methoxy groups -OCH3 is 2. The molecule has 0 N–H and O–H groups in total. The first-order valence-electron chi connectivity index (χ1n) is 10.3. The molecule has 0 radical (unpaired) electrons. The van der Waals surface area contributed by atoms with Crippen molar-refractivity contribution >= 4 is 17.0 Å². The van der Waals surface area contributed by atoms with Gasteiger partial charge in [-0.05, 0) is 73.0 Å². The molecule has 1 aromatic heterocycles. The van der Waals surface area contributed by atoms with Crippen LogP contribution in [0.4, 0.5) is 5.69 Å². The van der Waals surface area contributed by atoms with Crippen LogP contribution in [-0.2, 0) is 13.0 Å². The molecule has 31 heavy (non-hydrogen) atoms. The predicted octanol–water partition coefficient (Wildman–Crippen LogP) is 6.02. The summed E-state index contributed by atoms with van der Waals surface area (Å²) in [5.41, 5.74) is 4.60. The van der Waals surface area contributed by atoms with Gasteiger partial charge in [-0.2, -0.15) is 0 Å². The standard InChI is InChI=1S/C26H26N2O2S/c1-19-25(21-9-13-23(29-2)14-10-21)28(18-17-20-7-5-4-6-8-20)26(31-19)27-22-11-15-24(30-3)16-12-22/h4-16H,17-18H2,1-3H3. The van der Waals surface area contributed by atoms with Crippen LogP contribution in [-0.4, -0.2) is 18.8 Å². The van der Waals surface area contributed by atoms with Crippen molar-refractivity contribution in [1.29, 1.82) is 0 Å². The van der Waals surface area contributed by atoms with Gasteiger partial charge in [-0.1, -0.05) is 30.3 Å². The van der Waals surface area contributed by atoms with E-state index in [9.17, 15) is 0 Å². The number of benzene rings is 3. The summed E-state index contributed by atoms with van der Waals surface area (Å²) in [6, 6.07) is 26.7. The third-order valence-corrected chi connectivity index (χ3v) is 6.20. The molecular formula is C26H26N2O2S. The maximum absolute atomic E-state index is 5.34. The Morgan fingerprint density at radius 1 is 0.806 bits per heavy atom. The Labute approximate surface area is 187 Å². The number of nitrogens with zero attached hydrogens (tertiary/aromatic N) is 2. The summed E-state index contributed by atoms with van der Waals surface area (Å²) in [7, 11) is 3.37. The molecule has 3 aromatic carbocycles. The van der Waals surface area contributed by atoms with E-state index in [4.69, 9.17) is 14.5 Å². The molecular weight excluding hydrogens is 404 g/mol. The molecule has 0 amide bonds. The zero-order chi connectivity index (χ0) is 21.6. The maximum Gasteiger partial charge on any atom is 0.190 e. The molecule has 0 unspecified atom stereocenters. The lowest BCUT2D eigenvalue weighted by Gasteiger charge is -2.11. The van der Waals surface area contributed by atoms with Crippen molar-refractivity contribution in [2.24, 2.45) is 4.99 Å². The maximum atomic E-state index is 5.34. The van der Waals surface area contributed by atoms with E-state index in [0.717, 1.165) is 35.0 Å². The quantitative estimate of drug-likeness (QED) is 0.360. The van der Waals surface area contributed by atoms with Crippen molar-refractivity contribution in [3.63, 3.8) is 0 Å². The average Bonchev–Trinajstić information content (AvgIpc) is 3.13. The molecule has 0 bridgehead atoms. The first-order valence-corrected chi connectivity index (χ1v) is 11.1. The minimum Gasteiger partial charge on any atom is -0.497 e. The van der Waals surface area contributed by atoms with Gasteiger partial charge in [-0.3, -0.25) is 0 Å². The fourth-order valence-corrected chi connectivity index (χ4v) is 4.62. The van der Waals surface area contributed by atoms with Crippen molar-refractivity contribution in [3.8, 4) is 22.8 Å². The summed E-state index contributed by atoms with van der Waals surface area (Å²) in [5, 5.41) is 0. The lowest BCUT2D eigenvalue weighted by Crippen LogP contribution is -2.17. The largest absolute Gasteiger partial charge is 0.497 e. The van der Waals surface area contributed by atoms with Crippen LogP contribution in [0.25, 0.3) is 11.3 Å². The first kappa shape index (κ1) is 20.9. The highest BCUT2D eigenvalue weighted by Crippen LogP contribution is 2.28. The van der Waals surface area contributed by atoms with E-state index in [1.165, 1.54) is 21.7 Å². The molecule has 0 saturated heterocycles. The van der Waals surface area contributed by atoms with Crippen LogP contribution < -0.4 is 14.3 Å². The van der Waals surface area contributed by atoms with Gasteiger partial charge in [-0.15, -0.1) is 11.3 Å². The molecule has 4 aromatic rings. The van der Waals surface area contributed by atoms with Gasteiger partial charge in [0.1, 0.15) is 11.5 Å². The third-order valence-electron chi connectivity index (χ3n) is 5.21. The Hall–Kier alpha value is -3.31. The molecule has 5 heteroatoms. The number of rotatable bonds is 7. The molecule has 1 heterocycles. The molecule has 0 atom stereocenters. The first-order chi connectivity index (χ1) is 15.2. The lowest BCUT2D eigenvalue weighted by molar-refractivity contribution is 0.414. The Bertz CT molecular complexity index is 1190. The van der Waals surface area contributed by atoms with Crippen molar-refractivity contribution in [2.45, 2.75) is 19.9 Å². The van der Waals surface area contributed by atoms with Gasteiger partial charge in [0.2, 0.25) is 0 Å². The molecule has 0 aliphatic heterocycles. The van der Waals surface area contributed by atoms with Gasteiger partial charge in [0, 0.05) is 11.4 Å². The van der Waals surface area contributed by atoms with Crippen LogP contribution in [0.3, 0.4) is 0 Å². The van der Waals surface area contributed by atoms with Crippen LogP contribution in [0.1, 0.15) is 10.4 Å². The monoisotopic (exact) mass is 430 g/mol. The fraction of sp³-hybridized carbons (Fsp3) is 0.192. The van der Waals surface area contributed by atoms with Crippen molar-refractivity contribution < 1.29 is 9.47 Å². The minimum absolute atomic E-state index is 0.831.